The molecule has 0 aliphatic carbocycles. The van der Waals surface area contributed by atoms with Gasteiger partial charge in [0, 0.05) is 22.3 Å². The first-order valence-corrected chi connectivity index (χ1v) is 7.55. The molecule has 1 aromatic carbocycles. The summed E-state index contributed by atoms with van der Waals surface area (Å²) >= 11 is 1.66. The van der Waals surface area contributed by atoms with Gasteiger partial charge in [-0.05, 0) is 13.3 Å². The molecule has 1 N–H and O–H groups in total. The van der Waals surface area contributed by atoms with Gasteiger partial charge in [0.25, 0.3) is 0 Å². The summed E-state index contributed by atoms with van der Waals surface area (Å²) < 4.78 is 0. The number of nitrogens with zero attached hydrogens (tertiary/aromatic N) is 3. The minimum absolute atomic E-state index is 0.176. The Hall–Kier alpha value is -2.01. The molecule has 4 nitrogen and oxygen atoms in total. The van der Waals surface area contributed by atoms with Crippen LogP contribution in [0.3, 0.4) is 0 Å². The molecular formula is C15H16N4S. The number of rotatable bonds is 4. The van der Waals surface area contributed by atoms with Gasteiger partial charge in [-0.2, -0.15) is 5.10 Å². The molecule has 102 valence electrons. The summed E-state index contributed by atoms with van der Waals surface area (Å²) in [6.45, 7) is 4.13. The largest absolute Gasteiger partial charge is 0.359 e. The Bertz CT molecular complexity index is 709. The van der Waals surface area contributed by atoms with E-state index < -0.39 is 0 Å². The summed E-state index contributed by atoms with van der Waals surface area (Å²) in [6, 6.07) is 8.39. The molecule has 0 saturated heterocycles. The zero-order valence-electron chi connectivity index (χ0n) is 11.5. The maximum absolute atomic E-state index is 4.39. The number of aryl methyl sites for hydroxylation is 1. The highest BCUT2D eigenvalue weighted by atomic mass is 32.1. The number of thiazole rings is 1. The second kappa shape index (κ2) is 5.54. The van der Waals surface area contributed by atoms with Crippen LogP contribution in [0.4, 0.5) is 5.82 Å². The van der Waals surface area contributed by atoms with Crippen LogP contribution in [0, 0.1) is 6.92 Å². The van der Waals surface area contributed by atoms with E-state index in [1.807, 2.05) is 30.6 Å². The second-order valence-electron chi connectivity index (χ2n) is 4.66. The number of hydrogen-bond acceptors (Lipinski definition) is 5. The third-order valence-electron chi connectivity index (χ3n) is 3.34. The van der Waals surface area contributed by atoms with Crippen molar-refractivity contribution in [2.45, 2.75) is 26.3 Å². The molecule has 5 heteroatoms. The molecular weight excluding hydrogens is 268 g/mol. The number of hydrogen-bond donors (Lipinski definition) is 1. The molecule has 0 saturated carbocycles. The van der Waals surface area contributed by atoms with Crippen molar-refractivity contribution in [2.75, 3.05) is 5.32 Å². The van der Waals surface area contributed by atoms with Gasteiger partial charge in [0.1, 0.15) is 5.01 Å². The third-order valence-corrected chi connectivity index (χ3v) is 4.23. The Morgan fingerprint density at radius 1 is 1.20 bits per heavy atom. The van der Waals surface area contributed by atoms with Crippen molar-refractivity contribution in [3.8, 4) is 0 Å². The van der Waals surface area contributed by atoms with Crippen LogP contribution in [0.2, 0.25) is 0 Å². The Morgan fingerprint density at radius 2 is 2.00 bits per heavy atom. The predicted molar refractivity (Wildman–Crippen MR) is 83.0 cm³/mol. The average Bonchev–Trinajstić information content (AvgIpc) is 3.01. The van der Waals surface area contributed by atoms with Crippen LogP contribution in [0.5, 0.6) is 0 Å². The minimum atomic E-state index is 0.176. The molecule has 3 aromatic rings. The fraction of sp³-hybridized carbons (Fsp3) is 0.267. The zero-order valence-corrected chi connectivity index (χ0v) is 12.3. The molecule has 0 radical (unpaired) electrons. The van der Waals surface area contributed by atoms with E-state index in [2.05, 4.69) is 39.6 Å². The lowest BCUT2D eigenvalue weighted by atomic mass is 10.1. The molecule has 0 aliphatic heterocycles. The highest BCUT2D eigenvalue weighted by Crippen LogP contribution is 2.28. The van der Waals surface area contributed by atoms with Crippen molar-refractivity contribution < 1.29 is 0 Å². The third kappa shape index (κ3) is 2.36. The van der Waals surface area contributed by atoms with E-state index >= 15 is 0 Å². The van der Waals surface area contributed by atoms with Crippen LogP contribution < -0.4 is 5.32 Å². The van der Waals surface area contributed by atoms with Crippen molar-refractivity contribution in [1.82, 2.24) is 15.2 Å². The van der Waals surface area contributed by atoms with Gasteiger partial charge in [-0.25, -0.2) is 4.98 Å². The van der Waals surface area contributed by atoms with Gasteiger partial charge < -0.3 is 5.32 Å². The van der Waals surface area contributed by atoms with Crippen LogP contribution in [-0.4, -0.2) is 15.2 Å². The lowest BCUT2D eigenvalue weighted by molar-refractivity contribution is 0.735. The van der Waals surface area contributed by atoms with E-state index in [4.69, 9.17) is 0 Å². The summed E-state index contributed by atoms with van der Waals surface area (Å²) in [5.41, 5.74) is 0.952. The van der Waals surface area contributed by atoms with Gasteiger partial charge >= 0.3 is 0 Å². The summed E-state index contributed by atoms with van der Waals surface area (Å²) in [5, 5.41) is 17.4. The molecule has 20 heavy (non-hydrogen) atoms. The minimum Gasteiger partial charge on any atom is -0.359 e. The fourth-order valence-corrected chi connectivity index (χ4v) is 3.03. The Kier molecular flexibility index (Phi) is 3.60. The van der Waals surface area contributed by atoms with Crippen LogP contribution in [0.15, 0.2) is 35.8 Å². The molecule has 1 atom stereocenters. The SMILES string of the molecule is CCC(Nc1nnc(C)c2ccccc12)c1nccs1. The molecule has 0 bridgehead atoms. The van der Waals surface area contributed by atoms with Crippen molar-refractivity contribution >= 4 is 27.9 Å². The summed E-state index contributed by atoms with van der Waals surface area (Å²) in [6.07, 6.45) is 2.79. The summed E-state index contributed by atoms with van der Waals surface area (Å²) in [5.74, 6) is 0.827. The van der Waals surface area contributed by atoms with Gasteiger partial charge in [-0.15, -0.1) is 16.4 Å². The standard InChI is InChI=1S/C15H16N4S/c1-3-13(15-16-8-9-20-15)17-14-12-7-5-4-6-11(12)10(2)18-19-14/h4-9,13H,3H2,1-2H3,(H,17,19). The van der Waals surface area contributed by atoms with E-state index in [-0.39, 0.29) is 6.04 Å². The first-order valence-electron chi connectivity index (χ1n) is 6.67. The number of aromatic nitrogens is 3. The van der Waals surface area contributed by atoms with Gasteiger partial charge in [-0.3, -0.25) is 0 Å². The molecule has 0 spiro atoms. The van der Waals surface area contributed by atoms with Crippen molar-refractivity contribution in [2.24, 2.45) is 0 Å². The van der Waals surface area contributed by atoms with Crippen LogP contribution in [-0.2, 0) is 0 Å². The Balaban J connectivity index is 2.00. The van der Waals surface area contributed by atoms with Gasteiger partial charge in [0.05, 0.1) is 11.7 Å². The Morgan fingerprint density at radius 3 is 2.70 bits per heavy atom. The van der Waals surface area contributed by atoms with E-state index in [1.165, 1.54) is 0 Å². The molecule has 1 unspecified atom stereocenters. The first kappa shape index (κ1) is 13.0. The topological polar surface area (TPSA) is 50.7 Å². The Labute approximate surface area is 121 Å². The summed E-state index contributed by atoms with van der Waals surface area (Å²) in [4.78, 5) is 4.39. The lowest BCUT2D eigenvalue weighted by Gasteiger charge is -2.16. The number of nitrogens with one attached hydrogen (secondary N) is 1. The fourth-order valence-electron chi connectivity index (χ4n) is 2.25. The van der Waals surface area contributed by atoms with Crippen LogP contribution in [0.25, 0.3) is 10.8 Å². The monoisotopic (exact) mass is 284 g/mol. The van der Waals surface area contributed by atoms with Crippen LogP contribution in [0.1, 0.15) is 30.1 Å². The smallest absolute Gasteiger partial charge is 0.157 e. The lowest BCUT2D eigenvalue weighted by Crippen LogP contribution is -2.11. The molecule has 2 heterocycles. The maximum Gasteiger partial charge on any atom is 0.157 e. The van der Waals surface area contributed by atoms with E-state index in [9.17, 15) is 0 Å². The molecule has 3 rings (SSSR count). The van der Waals surface area contributed by atoms with Crippen molar-refractivity contribution in [3.05, 3.63) is 46.5 Å². The van der Waals surface area contributed by atoms with Crippen molar-refractivity contribution in [3.63, 3.8) is 0 Å². The van der Waals surface area contributed by atoms with Crippen molar-refractivity contribution in [1.29, 1.82) is 0 Å². The highest BCUT2D eigenvalue weighted by molar-refractivity contribution is 7.09. The molecule has 0 fully saturated rings. The zero-order chi connectivity index (χ0) is 13.9. The van der Waals surface area contributed by atoms with Gasteiger partial charge in [0.2, 0.25) is 0 Å². The molecule has 0 aliphatic rings. The number of anilines is 1. The highest BCUT2D eigenvalue weighted by Gasteiger charge is 2.14. The maximum atomic E-state index is 4.39. The first-order chi connectivity index (χ1) is 9.79. The molecule has 0 amide bonds. The normalized spacial score (nSPS) is 12.5. The quantitative estimate of drug-likeness (QED) is 0.788. The predicted octanol–water partition coefficient (Wildman–Crippen LogP) is 3.96. The van der Waals surface area contributed by atoms with E-state index in [1.54, 1.807) is 11.3 Å². The van der Waals surface area contributed by atoms with Gasteiger partial charge in [0.15, 0.2) is 5.82 Å². The number of benzene rings is 1. The number of fused-ring (bicyclic) bond motifs is 1. The summed E-state index contributed by atoms with van der Waals surface area (Å²) in [7, 11) is 0. The molecule has 2 aromatic heterocycles. The van der Waals surface area contributed by atoms with E-state index in [0.29, 0.717) is 0 Å². The van der Waals surface area contributed by atoms with Gasteiger partial charge in [-0.1, -0.05) is 31.2 Å². The van der Waals surface area contributed by atoms with Crippen LogP contribution >= 0.6 is 11.3 Å². The average molecular weight is 284 g/mol. The second-order valence-corrected chi connectivity index (χ2v) is 5.58. The van der Waals surface area contributed by atoms with E-state index in [0.717, 1.165) is 33.7 Å².